The lowest BCUT2D eigenvalue weighted by atomic mass is 9.76. The average Bonchev–Trinajstić information content (AvgIpc) is 2.77. The molecule has 4 rings (SSSR count). The van der Waals surface area contributed by atoms with Crippen molar-refractivity contribution in [2.24, 2.45) is 5.92 Å². The Morgan fingerprint density at radius 1 is 1.13 bits per heavy atom. The van der Waals surface area contributed by atoms with Gasteiger partial charge in [-0.1, -0.05) is 37.3 Å². The third kappa shape index (κ3) is 4.73. The van der Waals surface area contributed by atoms with E-state index < -0.39 is 17.8 Å². The Bertz CT molecular complexity index is 875. The van der Waals surface area contributed by atoms with E-state index in [-0.39, 0.29) is 24.7 Å². The quantitative estimate of drug-likeness (QED) is 0.670. The van der Waals surface area contributed by atoms with E-state index in [0.29, 0.717) is 24.3 Å². The van der Waals surface area contributed by atoms with Gasteiger partial charge in [-0.25, -0.2) is 0 Å². The number of alkyl halides is 3. The maximum Gasteiger partial charge on any atom is 0.416 e. The van der Waals surface area contributed by atoms with Crippen LogP contribution in [0.3, 0.4) is 0 Å². The van der Waals surface area contributed by atoms with Gasteiger partial charge in [0.1, 0.15) is 0 Å². The molecule has 4 nitrogen and oxygen atoms in total. The van der Waals surface area contributed by atoms with Gasteiger partial charge in [0.15, 0.2) is 0 Å². The molecular weight excluding hydrogens is 405 g/mol. The summed E-state index contributed by atoms with van der Waals surface area (Å²) >= 11 is 0. The number of anilines is 1. The summed E-state index contributed by atoms with van der Waals surface area (Å²) in [7, 11) is 0. The third-order valence-electron chi connectivity index (χ3n) is 6.46. The minimum Gasteiger partial charge on any atom is -0.395 e. The predicted octanol–water partition coefficient (Wildman–Crippen LogP) is 5.02. The fourth-order valence-electron chi connectivity index (χ4n) is 4.87. The van der Waals surface area contributed by atoms with E-state index in [1.54, 1.807) is 0 Å². The molecule has 1 fully saturated rings. The van der Waals surface area contributed by atoms with Crippen molar-refractivity contribution in [1.82, 2.24) is 4.90 Å². The van der Waals surface area contributed by atoms with E-state index in [0.717, 1.165) is 31.0 Å². The molecule has 0 amide bonds. The van der Waals surface area contributed by atoms with Crippen LogP contribution in [0.1, 0.15) is 48.6 Å². The highest BCUT2D eigenvalue weighted by Crippen LogP contribution is 2.51. The van der Waals surface area contributed by atoms with Crippen molar-refractivity contribution in [2.75, 3.05) is 31.6 Å². The fraction of sp³-hybridized carbons (Fsp3) is 0.500. The molecule has 4 atom stereocenters. The standard InChI is InChI=1S/C24H29F3N2O2/c1-2-29(12-13-30)15-18-9-10-19-22(16-6-4-3-5-7-16)28-21-11-8-17(24(25,26)27)14-20(21)23(19)31-18/h3-8,11,14,18-19,22-23,28,30H,2,9-10,12-13,15H2,1H3/t18-,19+,22?,23+/m0/s1. The normalized spacial score (nSPS) is 25.6. The summed E-state index contributed by atoms with van der Waals surface area (Å²) in [5, 5.41) is 12.8. The molecule has 2 aliphatic rings. The van der Waals surface area contributed by atoms with Gasteiger partial charge in [-0.3, -0.25) is 4.90 Å². The van der Waals surface area contributed by atoms with Crippen molar-refractivity contribution < 1.29 is 23.0 Å². The summed E-state index contributed by atoms with van der Waals surface area (Å²) in [4.78, 5) is 2.12. The van der Waals surface area contributed by atoms with Crippen LogP contribution in [0, 0.1) is 5.92 Å². The lowest BCUT2D eigenvalue weighted by Gasteiger charge is -2.46. The highest BCUT2D eigenvalue weighted by atomic mass is 19.4. The number of benzene rings is 2. The first kappa shape index (κ1) is 22.1. The molecule has 0 saturated carbocycles. The summed E-state index contributed by atoms with van der Waals surface area (Å²) in [6.07, 6.45) is -3.19. The number of halogens is 3. The van der Waals surface area contributed by atoms with E-state index in [1.165, 1.54) is 12.1 Å². The first-order valence-corrected chi connectivity index (χ1v) is 10.9. The lowest BCUT2D eigenvalue weighted by Crippen LogP contribution is -2.43. The maximum atomic E-state index is 13.4. The Labute approximate surface area is 181 Å². The van der Waals surface area contributed by atoms with Gasteiger partial charge in [0.25, 0.3) is 0 Å². The van der Waals surface area contributed by atoms with Gasteiger partial charge in [-0.2, -0.15) is 13.2 Å². The molecule has 2 aromatic carbocycles. The zero-order valence-corrected chi connectivity index (χ0v) is 17.6. The number of fused-ring (bicyclic) bond motifs is 3. The monoisotopic (exact) mass is 434 g/mol. The van der Waals surface area contributed by atoms with Crippen LogP contribution in [0.15, 0.2) is 48.5 Å². The van der Waals surface area contributed by atoms with Crippen LogP contribution in [0.2, 0.25) is 0 Å². The number of ether oxygens (including phenoxy) is 1. The second-order valence-corrected chi connectivity index (χ2v) is 8.37. The molecule has 0 aromatic heterocycles. The van der Waals surface area contributed by atoms with Crippen molar-refractivity contribution >= 4 is 5.69 Å². The molecule has 2 heterocycles. The molecule has 168 valence electrons. The van der Waals surface area contributed by atoms with Crippen molar-refractivity contribution in [3.63, 3.8) is 0 Å². The largest absolute Gasteiger partial charge is 0.416 e. The molecule has 2 aromatic rings. The third-order valence-corrected chi connectivity index (χ3v) is 6.46. The first-order valence-electron chi connectivity index (χ1n) is 10.9. The predicted molar refractivity (Wildman–Crippen MR) is 114 cm³/mol. The summed E-state index contributed by atoms with van der Waals surface area (Å²) in [6, 6.07) is 13.9. The molecule has 0 radical (unpaired) electrons. The minimum atomic E-state index is -4.39. The van der Waals surface area contributed by atoms with Crippen molar-refractivity contribution in [3.8, 4) is 0 Å². The topological polar surface area (TPSA) is 44.7 Å². The molecule has 0 aliphatic carbocycles. The Hall–Kier alpha value is -2.09. The van der Waals surface area contributed by atoms with Gasteiger partial charge in [-0.05, 0) is 43.1 Å². The Morgan fingerprint density at radius 2 is 1.90 bits per heavy atom. The number of nitrogens with zero attached hydrogens (tertiary/aromatic N) is 1. The van der Waals surface area contributed by atoms with Crippen LogP contribution in [0.4, 0.5) is 18.9 Å². The van der Waals surface area contributed by atoms with E-state index in [4.69, 9.17) is 4.74 Å². The van der Waals surface area contributed by atoms with Crippen molar-refractivity contribution in [3.05, 3.63) is 65.2 Å². The van der Waals surface area contributed by atoms with E-state index in [1.807, 2.05) is 25.1 Å². The molecule has 0 spiro atoms. The summed E-state index contributed by atoms with van der Waals surface area (Å²) in [6.45, 7) is 4.12. The second-order valence-electron chi connectivity index (χ2n) is 8.37. The SMILES string of the molecule is CCN(CCO)C[C@@H]1CC[C@@H]2C(c3ccccc3)Nc3ccc(C(F)(F)F)cc3[C@@H]2O1. The van der Waals surface area contributed by atoms with Crippen LogP contribution in [-0.2, 0) is 10.9 Å². The molecule has 1 unspecified atom stereocenters. The van der Waals surface area contributed by atoms with Gasteiger partial charge in [-0.15, -0.1) is 0 Å². The average molecular weight is 435 g/mol. The molecule has 7 heteroatoms. The number of rotatable bonds is 6. The lowest BCUT2D eigenvalue weighted by molar-refractivity contribution is -0.138. The molecular formula is C24H29F3N2O2. The molecule has 1 saturated heterocycles. The highest BCUT2D eigenvalue weighted by Gasteiger charge is 2.43. The van der Waals surface area contributed by atoms with Crippen LogP contribution in [0.5, 0.6) is 0 Å². The maximum absolute atomic E-state index is 13.4. The second kappa shape index (κ2) is 9.18. The smallest absolute Gasteiger partial charge is 0.395 e. The number of aliphatic hydroxyl groups excluding tert-OH is 1. The van der Waals surface area contributed by atoms with Gasteiger partial charge in [0, 0.05) is 30.3 Å². The van der Waals surface area contributed by atoms with Crippen LogP contribution in [0.25, 0.3) is 0 Å². The first-order chi connectivity index (χ1) is 14.9. The van der Waals surface area contributed by atoms with Crippen LogP contribution in [-0.4, -0.2) is 42.4 Å². The highest BCUT2D eigenvalue weighted by molar-refractivity contribution is 5.58. The molecule has 31 heavy (non-hydrogen) atoms. The Kier molecular flexibility index (Phi) is 6.55. The number of nitrogens with one attached hydrogen (secondary N) is 1. The fourth-order valence-corrected chi connectivity index (χ4v) is 4.87. The van der Waals surface area contributed by atoms with Gasteiger partial charge >= 0.3 is 6.18 Å². The number of hydrogen-bond acceptors (Lipinski definition) is 4. The number of aliphatic hydroxyl groups is 1. The molecule has 2 N–H and O–H groups in total. The van der Waals surface area contributed by atoms with Gasteiger partial charge in [0.2, 0.25) is 0 Å². The van der Waals surface area contributed by atoms with Gasteiger partial charge in [0.05, 0.1) is 30.4 Å². The van der Waals surface area contributed by atoms with E-state index in [2.05, 4.69) is 22.3 Å². The van der Waals surface area contributed by atoms with Crippen LogP contribution >= 0.6 is 0 Å². The Balaban J connectivity index is 1.67. The molecule has 0 bridgehead atoms. The van der Waals surface area contributed by atoms with Gasteiger partial charge < -0.3 is 15.2 Å². The Morgan fingerprint density at radius 3 is 2.58 bits per heavy atom. The number of likely N-dealkylation sites (N-methyl/N-ethyl adjacent to an activating group) is 1. The zero-order valence-electron chi connectivity index (χ0n) is 17.6. The van der Waals surface area contributed by atoms with Crippen molar-refractivity contribution in [2.45, 2.75) is 44.2 Å². The summed E-state index contributed by atoms with van der Waals surface area (Å²) < 4.78 is 46.7. The summed E-state index contributed by atoms with van der Waals surface area (Å²) in [5.41, 5.74) is 1.75. The van der Waals surface area contributed by atoms with E-state index >= 15 is 0 Å². The van der Waals surface area contributed by atoms with Crippen molar-refractivity contribution in [1.29, 1.82) is 0 Å². The number of hydrogen-bond donors (Lipinski definition) is 2. The summed E-state index contributed by atoms with van der Waals surface area (Å²) in [5.74, 6) is 0.0440. The van der Waals surface area contributed by atoms with Crippen LogP contribution < -0.4 is 5.32 Å². The van der Waals surface area contributed by atoms with E-state index in [9.17, 15) is 18.3 Å². The zero-order chi connectivity index (χ0) is 22.0. The molecule has 2 aliphatic heterocycles. The minimum absolute atomic E-state index is 0.0175.